The van der Waals surface area contributed by atoms with Gasteiger partial charge >= 0.3 is 0 Å². The van der Waals surface area contributed by atoms with Gasteiger partial charge in [0.15, 0.2) is 16.6 Å². The minimum Gasteiger partial charge on any atom is -0.497 e. The van der Waals surface area contributed by atoms with Crippen molar-refractivity contribution in [2.45, 2.75) is 23.3 Å². The number of aromatic nitrogens is 5. The van der Waals surface area contributed by atoms with Gasteiger partial charge in [-0.2, -0.15) is 9.61 Å². The summed E-state index contributed by atoms with van der Waals surface area (Å²) in [6.07, 6.45) is 0.279. The first-order valence-corrected chi connectivity index (χ1v) is 13.4. The van der Waals surface area contributed by atoms with E-state index in [1.165, 1.54) is 42.3 Å². The number of nitrogens with one attached hydrogen (secondary N) is 2. The number of carbonyl (C=O) groups is 1. The number of anilines is 1. The number of hydrogen-bond acceptors (Lipinski definition) is 10. The Hall–Kier alpha value is -3.07. The molecule has 0 saturated carbocycles. The van der Waals surface area contributed by atoms with Crippen LogP contribution >= 0.6 is 23.1 Å². The van der Waals surface area contributed by atoms with Gasteiger partial charge in [-0.3, -0.25) is 4.79 Å². The second kappa shape index (κ2) is 10.5. The molecule has 0 saturated heterocycles. The first kappa shape index (κ1) is 24.1. The summed E-state index contributed by atoms with van der Waals surface area (Å²) in [6.45, 7) is 1.98. The molecule has 0 atom stereocenters. The van der Waals surface area contributed by atoms with Crippen LogP contribution in [0.1, 0.15) is 11.5 Å². The second-order valence-electron chi connectivity index (χ2n) is 7.01. The smallest absolute Gasteiger partial charge is 0.240 e. The molecule has 0 aliphatic carbocycles. The number of rotatable bonds is 10. The Kier molecular flexibility index (Phi) is 7.41. The monoisotopic (exact) mass is 519 g/mol. The summed E-state index contributed by atoms with van der Waals surface area (Å²) in [4.78, 5) is 16.5. The first-order valence-electron chi connectivity index (χ1n) is 10.0. The minimum atomic E-state index is -3.68. The number of nitrogens with zero attached hydrogens (tertiary/aromatic N) is 5. The Morgan fingerprint density at radius 2 is 1.97 bits per heavy atom. The molecular weight excluding hydrogens is 498 g/mol. The van der Waals surface area contributed by atoms with Gasteiger partial charge < -0.3 is 10.1 Å². The highest BCUT2D eigenvalue weighted by Gasteiger charge is 2.15. The SMILES string of the molecule is COc1ccc(S(=O)(=O)NCCc2nnc3ccc(SCC(=O)Nc4nc(C)cs4)nn23)cc1. The number of ether oxygens (including phenoxy) is 1. The van der Waals surface area contributed by atoms with Crippen molar-refractivity contribution < 1.29 is 17.9 Å². The van der Waals surface area contributed by atoms with E-state index < -0.39 is 10.0 Å². The molecule has 0 bridgehead atoms. The molecule has 34 heavy (non-hydrogen) atoms. The zero-order valence-corrected chi connectivity index (χ0v) is 20.7. The number of aryl methyl sites for hydroxylation is 1. The van der Waals surface area contributed by atoms with Crippen molar-refractivity contribution in [1.82, 2.24) is 29.5 Å². The molecule has 14 heteroatoms. The predicted molar refractivity (Wildman–Crippen MR) is 129 cm³/mol. The molecule has 11 nitrogen and oxygen atoms in total. The summed E-state index contributed by atoms with van der Waals surface area (Å²) >= 11 is 2.64. The zero-order chi connectivity index (χ0) is 24.1. The molecule has 178 valence electrons. The van der Waals surface area contributed by atoms with Crippen LogP contribution in [-0.4, -0.2) is 58.5 Å². The van der Waals surface area contributed by atoms with Gasteiger partial charge in [0.25, 0.3) is 0 Å². The van der Waals surface area contributed by atoms with Crippen LogP contribution in [0.25, 0.3) is 5.65 Å². The first-order chi connectivity index (χ1) is 16.3. The molecular formula is C20H21N7O4S3. The largest absolute Gasteiger partial charge is 0.497 e. The van der Waals surface area contributed by atoms with Gasteiger partial charge in [0.2, 0.25) is 15.9 Å². The fourth-order valence-corrected chi connectivity index (χ4v) is 5.28. The van der Waals surface area contributed by atoms with Gasteiger partial charge in [-0.05, 0) is 43.3 Å². The number of benzene rings is 1. The normalized spacial score (nSPS) is 11.6. The van der Waals surface area contributed by atoms with E-state index in [-0.39, 0.29) is 29.5 Å². The van der Waals surface area contributed by atoms with Crippen LogP contribution in [0.4, 0.5) is 5.13 Å². The number of sulfonamides is 1. The van der Waals surface area contributed by atoms with Gasteiger partial charge in [-0.25, -0.2) is 18.1 Å². The average Bonchev–Trinajstić information content (AvgIpc) is 3.43. The van der Waals surface area contributed by atoms with E-state index in [1.807, 2.05) is 12.3 Å². The molecule has 0 aliphatic rings. The molecule has 4 rings (SSSR count). The molecule has 0 unspecified atom stereocenters. The third kappa shape index (κ3) is 5.88. The van der Waals surface area contributed by atoms with Crippen molar-refractivity contribution >= 4 is 49.8 Å². The van der Waals surface area contributed by atoms with Gasteiger partial charge in [0, 0.05) is 18.3 Å². The molecule has 3 heterocycles. The van der Waals surface area contributed by atoms with Crippen LogP contribution < -0.4 is 14.8 Å². The summed E-state index contributed by atoms with van der Waals surface area (Å²) in [5.41, 5.74) is 1.38. The minimum absolute atomic E-state index is 0.115. The van der Waals surface area contributed by atoms with Gasteiger partial charge in [0.05, 0.1) is 23.5 Å². The third-order valence-corrected chi connectivity index (χ3v) is 7.80. The molecule has 0 radical (unpaired) electrons. The lowest BCUT2D eigenvalue weighted by molar-refractivity contribution is -0.113. The Morgan fingerprint density at radius 3 is 2.68 bits per heavy atom. The maximum atomic E-state index is 12.5. The number of hydrogen-bond donors (Lipinski definition) is 2. The Balaban J connectivity index is 1.35. The number of carbonyl (C=O) groups excluding carboxylic acids is 1. The summed E-state index contributed by atoms with van der Waals surface area (Å²) in [7, 11) is -2.16. The molecule has 1 aromatic carbocycles. The van der Waals surface area contributed by atoms with Crippen molar-refractivity contribution in [2.24, 2.45) is 0 Å². The molecule has 3 aromatic heterocycles. The summed E-state index contributed by atoms with van der Waals surface area (Å²) in [5, 5.41) is 18.4. The molecule has 1 amide bonds. The Morgan fingerprint density at radius 1 is 1.18 bits per heavy atom. The molecule has 0 aliphatic heterocycles. The average molecular weight is 520 g/mol. The lowest BCUT2D eigenvalue weighted by Crippen LogP contribution is -2.26. The van der Waals surface area contributed by atoms with Crippen LogP contribution in [0.5, 0.6) is 5.75 Å². The Bertz CT molecular complexity index is 1400. The standard InChI is InChI=1S/C20H21N7O4S3/c1-13-11-33-20(22-13)23-18(28)12-32-19-8-7-16-24-25-17(27(16)26-19)9-10-21-34(29,30)15-5-3-14(31-2)4-6-15/h3-8,11,21H,9-10,12H2,1-2H3,(H,22,23,28). The van der Waals surface area contributed by atoms with Crippen LogP contribution in [0.15, 0.2) is 51.7 Å². The maximum Gasteiger partial charge on any atom is 0.240 e. The predicted octanol–water partition coefficient (Wildman–Crippen LogP) is 2.15. The van der Waals surface area contributed by atoms with Crippen LogP contribution in [0, 0.1) is 6.92 Å². The second-order valence-corrected chi connectivity index (χ2v) is 10.6. The van der Waals surface area contributed by atoms with E-state index in [1.54, 1.807) is 28.8 Å². The highest BCUT2D eigenvalue weighted by Crippen LogP contribution is 2.19. The molecule has 2 N–H and O–H groups in total. The third-order valence-electron chi connectivity index (χ3n) is 4.53. The quantitative estimate of drug-likeness (QED) is 0.302. The zero-order valence-electron chi connectivity index (χ0n) is 18.3. The molecule has 0 spiro atoms. The van der Waals surface area contributed by atoms with Crippen LogP contribution in [-0.2, 0) is 21.2 Å². The highest BCUT2D eigenvalue weighted by molar-refractivity contribution is 7.99. The van der Waals surface area contributed by atoms with Gasteiger partial charge in [0.1, 0.15) is 10.8 Å². The number of thiazole rings is 1. The van der Waals surface area contributed by atoms with Gasteiger partial charge in [-0.1, -0.05) is 11.8 Å². The fourth-order valence-electron chi connectivity index (χ4n) is 2.89. The number of thioether (sulfide) groups is 1. The summed E-state index contributed by atoms with van der Waals surface area (Å²) < 4.78 is 34.2. The summed E-state index contributed by atoms with van der Waals surface area (Å²) in [5.74, 6) is 1.05. The topological polar surface area (TPSA) is 140 Å². The maximum absolute atomic E-state index is 12.5. The Labute approximate surface area is 204 Å². The van der Waals surface area contributed by atoms with Crippen molar-refractivity contribution in [2.75, 3.05) is 24.7 Å². The number of amides is 1. The van der Waals surface area contributed by atoms with E-state index >= 15 is 0 Å². The van der Waals surface area contributed by atoms with Crippen LogP contribution in [0.3, 0.4) is 0 Å². The number of fused-ring (bicyclic) bond motifs is 1. The van der Waals surface area contributed by atoms with E-state index in [9.17, 15) is 13.2 Å². The lowest BCUT2D eigenvalue weighted by Gasteiger charge is -2.07. The van der Waals surface area contributed by atoms with Crippen molar-refractivity contribution in [3.8, 4) is 5.75 Å². The van der Waals surface area contributed by atoms with Crippen molar-refractivity contribution in [1.29, 1.82) is 0 Å². The van der Waals surface area contributed by atoms with E-state index in [2.05, 4.69) is 30.3 Å². The number of methoxy groups -OCH3 is 1. The highest BCUT2D eigenvalue weighted by atomic mass is 32.2. The van der Waals surface area contributed by atoms with E-state index in [4.69, 9.17) is 4.74 Å². The van der Waals surface area contributed by atoms with E-state index in [0.717, 1.165) is 5.69 Å². The van der Waals surface area contributed by atoms with E-state index in [0.29, 0.717) is 27.4 Å². The fraction of sp³-hybridized carbons (Fsp3) is 0.250. The summed E-state index contributed by atoms with van der Waals surface area (Å²) in [6, 6.07) is 9.63. The van der Waals surface area contributed by atoms with Crippen molar-refractivity contribution in [3.63, 3.8) is 0 Å². The van der Waals surface area contributed by atoms with Crippen LogP contribution in [0.2, 0.25) is 0 Å². The van der Waals surface area contributed by atoms with Gasteiger partial charge in [-0.15, -0.1) is 21.5 Å². The molecule has 4 aromatic rings. The van der Waals surface area contributed by atoms with Crippen molar-refractivity contribution in [3.05, 3.63) is 53.3 Å². The lowest BCUT2D eigenvalue weighted by atomic mass is 10.3. The molecule has 0 fully saturated rings.